The molecule has 2 heteroatoms. The van der Waals surface area contributed by atoms with Crippen LogP contribution in [-0.2, 0) is 0 Å². The normalized spacial score (nSPS) is 11.3. The molecule has 8 aromatic carbocycles. The van der Waals surface area contributed by atoms with E-state index in [1.54, 1.807) is 0 Å². The minimum absolute atomic E-state index is 1.12. The Balaban J connectivity index is 1.15. The molecule has 0 unspecified atom stereocenters. The van der Waals surface area contributed by atoms with Crippen LogP contribution in [0.15, 0.2) is 188 Å². The summed E-state index contributed by atoms with van der Waals surface area (Å²) in [5.41, 5.74) is 10.7. The van der Waals surface area contributed by atoms with Gasteiger partial charge in [-0.1, -0.05) is 146 Å². The molecule has 0 fully saturated rings. The van der Waals surface area contributed by atoms with Crippen LogP contribution in [0.4, 0.5) is 17.1 Å². The maximum atomic E-state index is 2.39. The maximum Gasteiger partial charge on any atom is 0.0540 e. The number of nitrogens with zero attached hydrogens (tertiary/aromatic N) is 1. The van der Waals surface area contributed by atoms with Gasteiger partial charge in [-0.3, -0.25) is 0 Å². The van der Waals surface area contributed by atoms with Crippen molar-refractivity contribution in [3.63, 3.8) is 0 Å². The lowest BCUT2D eigenvalue weighted by Crippen LogP contribution is -2.11. The first-order valence-electron chi connectivity index (χ1n) is 16.4. The largest absolute Gasteiger partial charge is 0.310 e. The molecule has 0 N–H and O–H groups in total. The summed E-state index contributed by atoms with van der Waals surface area (Å²) in [4.78, 5) is 2.39. The molecule has 9 aromatic rings. The molecule has 0 saturated heterocycles. The molecule has 0 radical (unpaired) electrons. The van der Waals surface area contributed by atoms with Crippen LogP contribution in [0.25, 0.3) is 64.3 Å². The van der Waals surface area contributed by atoms with E-state index in [1.165, 1.54) is 64.3 Å². The first-order valence-corrected chi connectivity index (χ1v) is 17.2. The van der Waals surface area contributed by atoms with Gasteiger partial charge in [-0.2, -0.15) is 0 Å². The van der Waals surface area contributed by atoms with E-state index in [-0.39, 0.29) is 0 Å². The van der Waals surface area contributed by atoms with Crippen LogP contribution < -0.4 is 4.90 Å². The second kappa shape index (κ2) is 12.0. The summed E-state index contributed by atoms with van der Waals surface area (Å²) < 4.78 is 2.64. The highest BCUT2D eigenvalue weighted by Gasteiger charge is 2.19. The summed E-state index contributed by atoms with van der Waals surface area (Å²) in [5, 5.41) is 5.16. The summed E-state index contributed by atoms with van der Waals surface area (Å²) in [7, 11) is 0. The van der Waals surface area contributed by atoms with Gasteiger partial charge in [0.15, 0.2) is 0 Å². The predicted octanol–water partition coefficient (Wildman–Crippen LogP) is 13.7. The molecule has 226 valence electrons. The highest BCUT2D eigenvalue weighted by molar-refractivity contribution is 7.26. The Morgan fingerprint density at radius 1 is 0.354 bits per heavy atom. The van der Waals surface area contributed by atoms with Gasteiger partial charge in [0.25, 0.3) is 0 Å². The van der Waals surface area contributed by atoms with E-state index in [9.17, 15) is 0 Å². The van der Waals surface area contributed by atoms with Gasteiger partial charge in [-0.25, -0.2) is 0 Å². The zero-order valence-electron chi connectivity index (χ0n) is 26.3. The minimum Gasteiger partial charge on any atom is -0.310 e. The molecule has 1 nitrogen and oxygen atoms in total. The van der Waals surface area contributed by atoms with Crippen LogP contribution in [-0.4, -0.2) is 0 Å². The third-order valence-electron chi connectivity index (χ3n) is 9.28. The molecular formula is C46H31NS. The van der Waals surface area contributed by atoms with Crippen molar-refractivity contribution < 1.29 is 0 Å². The molecule has 0 bridgehead atoms. The fourth-order valence-corrected chi connectivity index (χ4v) is 8.24. The van der Waals surface area contributed by atoms with E-state index in [0.29, 0.717) is 0 Å². The Hall–Kier alpha value is -5.96. The molecule has 9 rings (SSSR count). The van der Waals surface area contributed by atoms with Gasteiger partial charge in [0, 0.05) is 42.7 Å². The van der Waals surface area contributed by atoms with Gasteiger partial charge >= 0.3 is 0 Å². The van der Waals surface area contributed by atoms with Gasteiger partial charge in [0.2, 0.25) is 0 Å². The first-order chi connectivity index (χ1) is 23.8. The summed E-state index contributed by atoms with van der Waals surface area (Å²) >= 11 is 1.88. The number of fused-ring (bicyclic) bond motifs is 4. The van der Waals surface area contributed by atoms with Gasteiger partial charge in [-0.05, 0) is 75.5 Å². The van der Waals surface area contributed by atoms with Crippen LogP contribution in [0.3, 0.4) is 0 Å². The smallest absolute Gasteiger partial charge is 0.0540 e. The van der Waals surface area contributed by atoms with E-state index in [2.05, 4.69) is 193 Å². The van der Waals surface area contributed by atoms with E-state index in [0.717, 1.165) is 17.1 Å². The van der Waals surface area contributed by atoms with Gasteiger partial charge in [0.1, 0.15) is 0 Å². The van der Waals surface area contributed by atoms with Crippen molar-refractivity contribution >= 4 is 59.3 Å². The van der Waals surface area contributed by atoms with Crippen molar-refractivity contribution in [3.8, 4) is 33.4 Å². The minimum atomic E-state index is 1.12. The Labute approximate surface area is 284 Å². The third kappa shape index (κ3) is 4.95. The standard InChI is InChI=1S/C46H31NS/c1-2-17-36(18-3-1)47(44-25-8-6-20-40(44)42-23-12-24-43-41-21-7-9-26-45(41)48-46(42)43)37-29-27-32(28-30-37)34-15-10-16-35(31-34)39-22-11-14-33-13-4-5-19-38(33)39/h1-31H. The second-order valence-corrected chi connectivity index (χ2v) is 13.2. The summed E-state index contributed by atoms with van der Waals surface area (Å²) in [5.74, 6) is 0. The van der Waals surface area contributed by atoms with Gasteiger partial charge in [0.05, 0.1) is 5.69 Å². The number of hydrogen-bond donors (Lipinski definition) is 0. The molecule has 0 aliphatic rings. The predicted molar refractivity (Wildman–Crippen MR) is 208 cm³/mol. The molecule has 0 aliphatic heterocycles. The monoisotopic (exact) mass is 629 g/mol. The molecule has 1 aromatic heterocycles. The van der Waals surface area contributed by atoms with Crippen LogP contribution in [0.1, 0.15) is 0 Å². The van der Waals surface area contributed by atoms with Crippen LogP contribution in [0, 0.1) is 0 Å². The second-order valence-electron chi connectivity index (χ2n) is 12.1. The number of thiophene rings is 1. The van der Waals surface area contributed by atoms with Crippen molar-refractivity contribution in [2.75, 3.05) is 4.90 Å². The van der Waals surface area contributed by atoms with Crippen LogP contribution in [0.5, 0.6) is 0 Å². The number of rotatable bonds is 6. The third-order valence-corrected chi connectivity index (χ3v) is 10.5. The average Bonchev–Trinajstić information content (AvgIpc) is 3.55. The number of anilines is 3. The van der Waals surface area contributed by atoms with Crippen molar-refractivity contribution in [1.29, 1.82) is 0 Å². The molecule has 0 atom stereocenters. The van der Waals surface area contributed by atoms with E-state index in [1.807, 2.05) is 11.3 Å². The lowest BCUT2D eigenvalue weighted by molar-refractivity contribution is 1.28. The summed E-state index contributed by atoms with van der Waals surface area (Å²) in [6, 6.07) is 68.0. The number of hydrogen-bond acceptors (Lipinski definition) is 2. The fourth-order valence-electron chi connectivity index (χ4n) is 7.01. The maximum absolute atomic E-state index is 2.39. The van der Waals surface area contributed by atoms with Gasteiger partial charge < -0.3 is 4.90 Å². The number of para-hydroxylation sites is 2. The van der Waals surface area contributed by atoms with E-state index >= 15 is 0 Å². The highest BCUT2D eigenvalue weighted by atomic mass is 32.1. The lowest BCUT2D eigenvalue weighted by atomic mass is 9.95. The Morgan fingerprint density at radius 3 is 1.85 bits per heavy atom. The summed E-state index contributed by atoms with van der Waals surface area (Å²) in [6.45, 7) is 0. The topological polar surface area (TPSA) is 3.24 Å². The Morgan fingerprint density at radius 2 is 0.958 bits per heavy atom. The molecule has 48 heavy (non-hydrogen) atoms. The summed E-state index contributed by atoms with van der Waals surface area (Å²) in [6.07, 6.45) is 0. The van der Waals surface area contributed by atoms with Crippen molar-refractivity contribution in [1.82, 2.24) is 0 Å². The molecule has 0 saturated carbocycles. The average molecular weight is 630 g/mol. The zero-order valence-corrected chi connectivity index (χ0v) is 27.1. The SMILES string of the molecule is c1ccc(N(c2ccc(-c3cccc(-c4cccc5ccccc45)c3)cc2)c2ccccc2-c2cccc3c2sc2ccccc23)cc1. The zero-order chi connectivity index (χ0) is 31.9. The molecule has 0 amide bonds. The molecule has 1 heterocycles. The van der Waals surface area contributed by atoms with Crippen LogP contribution >= 0.6 is 11.3 Å². The quantitative estimate of drug-likeness (QED) is 0.177. The van der Waals surface area contributed by atoms with Crippen molar-refractivity contribution in [3.05, 3.63) is 188 Å². The van der Waals surface area contributed by atoms with Crippen molar-refractivity contribution in [2.45, 2.75) is 0 Å². The number of benzene rings is 8. The Kier molecular flexibility index (Phi) is 7.07. The molecule has 0 spiro atoms. The molecule has 0 aliphatic carbocycles. The van der Waals surface area contributed by atoms with E-state index in [4.69, 9.17) is 0 Å². The first kappa shape index (κ1) is 28.3. The van der Waals surface area contributed by atoms with Crippen molar-refractivity contribution in [2.24, 2.45) is 0 Å². The van der Waals surface area contributed by atoms with E-state index < -0.39 is 0 Å². The Bertz CT molecular complexity index is 2560. The molecular weight excluding hydrogens is 599 g/mol. The van der Waals surface area contributed by atoms with Gasteiger partial charge in [-0.15, -0.1) is 11.3 Å². The lowest BCUT2D eigenvalue weighted by Gasteiger charge is -2.28. The highest BCUT2D eigenvalue weighted by Crippen LogP contribution is 2.46. The van der Waals surface area contributed by atoms with Crippen LogP contribution in [0.2, 0.25) is 0 Å². The fraction of sp³-hybridized carbons (Fsp3) is 0.